The molecule has 0 radical (unpaired) electrons. The zero-order chi connectivity index (χ0) is 15.0. The predicted molar refractivity (Wildman–Crippen MR) is 79.2 cm³/mol. The van der Waals surface area contributed by atoms with Crippen molar-refractivity contribution >= 4 is 10.0 Å². The van der Waals surface area contributed by atoms with Gasteiger partial charge in [-0.15, -0.1) is 0 Å². The molecule has 0 spiro atoms. The van der Waals surface area contributed by atoms with Gasteiger partial charge in [0.2, 0.25) is 10.0 Å². The summed E-state index contributed by atoms with van der Waals surface area (Å²) < 4.78 is 27.2. The molecule has 2 saturated heterocycles. The van der Waals surface area contributed by atoms with E-state index in [4.69, 9.17) is 5.26 Å². The summed E-state index contributed by atoms with van der Waals surface area (Å²) in [4.78, 5) is 0.320. The molecule has 6 heteroatoms. The van der Waals surface area contributed by atoms with Crippen LogP contribution in [-0.2, 0) is 10.0 Å². The van der Waals surface area contributed by atoms with Gasteiger partial charge in [-0.2, -0.15) is 9.57 Å². The van der Waals surface area contributed by atoms with Crippen LogP contribution in [0, 0.1) is 24.2 Å². The number of fused-ring (bicyclic) bond motifs is 1. The van der Waals surface area contributed by atoms with E-state index in [-0.39, 0.29) is 6.04 Å². The Morgan fingerprint density at radius 3 is 2.86 bits per heavy atom. The van der Waals surface area contributed by atoms with Crippen molar-refractivity contribution in [2.75, 3.05) is 19.6 Å². The van der Waals surface area contributed by atoms with E-state index in [9.17, 15) is 8.42 Å². The van der Waals surface area contributed by atoms with Crippen LogP contribution in [0.2, 0.25) is 0 Å². The van der Waals surface area contributed by atoms with Crippen LogP contribution in [0.3, 0.4) is 0 Å². The Balaban J connectivity index is 1.89. The maximum Gasteiger partial charge on any atom is 0.243 e. The molecule has 2 aliphatic rings. The summed E-state index contributed by atoms with van der Waals surface area (Å²) in [6.07, 6.45) is 2.21. The van der Waals surface area contributed by atoms with Crippen LogP contribution in [-0.4, -0.2) is 38.4 Å². The quantitative estimate of drug-likeness (QED) is 0.892. The Morgan fingerprint density at radius 1 is 1.38 bits per heavy atom. The summed E-state index contributed by atoms with van der Waals surface area (Å²) in [5.41, 5.74) is 1.13. The molecule has 21 heavy (non-hydrogen) atoms. The van der Waals surface area contributed by atoms with E-state index < -0.39 is 10.0 Å². The summed E-state index contributed by atoms with van der Waals surface area (Å²) in [5, 5.41) is 12.3. The molecule has 112 valence electrons. The zero-order valence-corrected chi connectivity index (χ0v) is 12.9. The van der Waals surface area contributed by atoms with Gasteiger partial charge in [-0.1, -0.05) is 0 Å². The zero-order valence-electron chi connectivity index (χ0n) is 12.0. The molecule has 5 nitrogen and oxygen atoms in total. The topological polar surface area (TPSA) is 73.2 Å². The Kier molecular flexibility index (Phi) is 3.74. The lowest BCUT2D eigenvalue weighted by Crippen LogP contribution is -2.41. The summed E-state index contributed by atoms with van der Waals surface area (Å²) in [6, 6.07) is 7.08. The van der Waals surface area contributed by atoms with Crippen molar-refractivity contribution in [1.82, 2.24) is 9.62 Å². The highest BCUT2D eigenvalue weighted by Crippen LogP contribution is 2.30. The third kappa shape index (κ3) is 2.57. The highest BCUT2D eigenvalue weighted by Gasteiger charge is 2.40. The van der Waals surface area contributed by atoms with Gasteiger partial charge in [-0.05, 0) is 56.0 Å². The van der Waals surface area contributed by atoms with Gasteiger partial charge in [-0.25, -0.2) is 8.42 Å². The lowest BCUT2D eigenvalue weighted by molar-refractivity contribution is 0.339. The van der Waals surface area contributed by atoms with Crippen LogP contribution in [0.25, 0.3) is 0 Å². The van der Waals surface area contributed by atoms with Crippen LogP contribution in [0.4, 0.5) is 0 Å². The Hall–Kier alpha value is -1.42. The average molecular weight is 305 g/mol. The van der Waals surface area contributed by atoms with Crippen molar-refractivity contribution in [2.45, 2.75) is 30.7 Å². The molecule has 0 amide bonds. The number of aryl methyl sites for hydroxylation is 1. The molecule has 2 heterocycles. The SMILES string of the molecule is Cc1cc(C#N)ccc1S(=O)(=O)N1CC2CCCNC2C1. The third-order valence-corrected chi connectivity index (χ3v) is 6.48. The lowest BCUT2D eigenvalue weighted by Gasteiger charge is -2.24. The number of nitrogens with zero attached hydrogens (tertiary/aromatic N) is 2. The van der Waals surface area contributed by atoms with Crippen molar-refractivity contribution in [1.29, 1.82) is 5.26 Å². The van der Waals surface area contributed by atoms with Gasteiger partial charge in [0.1, 0.15) is 0 Å². The van der Waals surface area contributed by atoms with E-state index >= 15 is 0 Å². The standard InChI is InChI=1S/C15H19N3O2S/c1-11-7-12(8-16)4-5-15(11)21(19,20)18-9-13-3-2-6-17-14(13)10-18/h4-5,7,13-14,17H,2-3,6,9-10H2,1H3. The van der Waals surface area contributed by atoms with Crippen molar-refractivity contribution in [2.24, 2.45) is 5.92 Å². The molecule has 2 atom stereocenters. The Bertz CT molecular complexity index is 679. The van der Waals surface area contributed by atoms with Gasteiger partial charge in [0, 0.05) is 19.1 Å². The number of nitrogens with one attached hydrogen (secondary N) is 1. The second-order valence-corrected chi connectivity index (χ2v) is 7.78. The first-order valence-electron chi connectivity index (χ1n) is 7.26. The van der Waals surface area contributed by atoms with Crippen molar-refractivity contribution in [3.63, 3.8) is 0 Å². The van der Waals surface area contributed by atoms with Crippen LogP contribution >= 0.6 is 0 Å². The first kappa shape index (κ1) is 14.5. The average Bonchev–Trinajstić information content (AvgIpc) is 2.91. The molecule has 2 fully saturated rings. The van der Waals surface area contributed by atoms with E-state index in [1.165, 1.54) is 0 Å². The highest BCUT2D eigenvalue weighted by molar-refractivity contribution is 7.89. The molecule has 1 N–H and O–H groups in total. The number of nitriles is 1. The number of sulfonamides is 1. The minimum Gasteiger partial charge on any atom is -0.312 e. The molecule has 2 aliphatic heterocycles. The van der Waals surface area contributed by atoms with Crippen LogP contribution in [0.1, 0.15) is 24.0 Å². The maximum atomic E-state index is 12.8. The lowest BCUT2D eigenvalue weighted by atomic mass is 9.94. The summed E-state index contributed by atoms with van der Waals surface area (Å²) >= 11 is 0. The molecule has 1 aromatic carbocycles. The minimum absolute atomic E-state index is 0.284. The molecular formula is C15H19N3O2S. The normalized spacial score (nSPS) is 26.3. The fourth-order valence-corrected chi connectivity index (χ4v) is 5.08. The molecule has 2 unspecified atom stereocenters. The molecule has 1 aromatic rings. The summed E-state index contributed by atoms with van der Waals surface area (Å²) in [5.74, 6) is 0.423. The molecule has 0 aliphatic carbocycles. The van der Waals surface area contributed by atoms with Gasteiger partial charge < -0.3 is 5.32 Å². The minimum atomic E-state index is -3.47. The van der Waals surface area contributed by atoms with Crippen molar-refractivity contribution in [3.05, 3.63) is 29.3 Å². The third-order valence-electron chi connectivity index (χ3n) is 4.49. The van der Waals surface area contributed by atoms with Crippen LogP contribution < -0.4 is 5.32 Å². The number of benzene rings is 1. The highest BCUT2D eigenvalue weighted by atomic mass is 32.2. The van der Waals surface area contributed by atoms with E-state index in [1.807, 2.05) is 6.07 Å². The predicted octanol–water partition coefficient (Wildman–Crippen LogP) is 1.24. The summed E-state index contributed by atoms with van der Waals surface area (Å²) in [6.45, 7) is 3.87. The molecule has 0 saturated carbocycles. The second kappa shape index (κ2) is 5.41. The molecule has 3 rings (SSSR count). The van der Waals surface area contributed by atoms with E-state index in [0.717, 1.165) is 19.4 Å². The van der Waals surface area contributed by atoms with Crippen molar-refractivity contribution in [3.8, 4) is 6.07 Å². The molecular weight excluding hydrogens is 286 g/mol. The number of rotatable bonds is 2. The fourth-order valence-electron chi connectivity index (χ4n) is 3.35. The van der Waals surface area contributed by atoms with Crippen LogP contribution in [0.5, 0.6) is 0 Å². The molecule has 0 bridgehead atoms. The van der Waals surface area contributed by atoms with Crippen LogP contribution in [0.15, 0.2) is 23.1 Å². The van der Waals surface area contributed by atoms with Gasteiger partial charge in [0.15, 0.2) is 0 Å². The fraction of sp³-hybridized carbons (Fsp3) is 0.533. The Morgan fingerprint density at radius 2 is 2.19 bits per heavy atom. The van der Waals surface area contributed by atoms with E-state index in [0.29, 0.717) is 35.0 Å². The van der Waals surface area contributed by atoms with Gasteiger partial charge in [-0.3, -0.25) is 0 Å². The number of hydrogen-bond acceptors (Lipinski definition) is 4. The monoisotopic (exact) mass is 305 g/mol. The van der Waals surface area contributed by atoms with Gasteiger partial charge >= 0.3 is 0 Å². The largest absolute Gasteiger partial charge is 0.312 e. The van der Waals surface area contributed by atoms with Gasteiger partial charge in [0.05, 0.1) is 16.5 Å². The number of piperidine rings is 1. The Labute approximate surface area is 125 Å². The molecule has 0 aromatic heterocycles. The van der Waals surface area contributed by atoms with E-state index in [2.05, 4.69) is 5.32 Å². The number of hydrogen-bond donors (Lipinski definition) is 1. The second-order valence-electron chi connectivity index (χ2n) is 5.88. The van der Waals surface area contributed by atoms with Crippen molar-refractivity contribution < 1.29 is 8.42 Å². The first-order chi connectivity index (χ1) is 10.0. The maximum absolute atomic E-state index is 12.8. The van der Waals surface area contributed by atoms with E-state index in [1.54, 1.807) is 29.4 Å². The smallest absolute Gasteiger partial charge is 0.243 e. The van der Waals surface area contributed by atoms with Gasteiger partial charge in [0.25, 0.3) is 0 Å². The first-order valence-corrected chi connectivity index (χ1v) is 8.70. The summed E-state index contributed by atoms with van der Waals surface area (Å²) in [7, 11) is -3.47.